The molecule has 110 valence electrons. The number of nitrogens with zero attached hydrogens (tertiary/aromatic N) is 2. The average Bonchev–Trinajstić information content (AvgIpc) is 3.13. The van der Waals surface area contributed by atoms with E-state index in [1.807, 2.05) is 29.1 Å². The van der Waals surface area contributed by atoms with Crippen LogP contribution in [0.15, 0.2) is 30.5 Å². The quantitative estimate of drug-likeness (QED) is 0.833. The van der Waals surface area contributed by atoms with Crippen LogP contribution in [0.4, 0.5) is 5.82 Å². The van der Waals surface area contributed by atoms with Crippen LogP contribution in [0.3, 0.4) is 0 Å². The van der Waals surface area contributed by atoms with E-state index in [-0.39, 0.29) is 0 Å². The number of benzene rings is 1. The Balaban J connectivity index is 1.61. The molecule has 21 heavy (non-hydrogen) atoms. The van der Waals surface area contributed by atoms with Crippen LogP contribution in [0.2, 0.25) is 10.0 Å². The summed E-state index contributed by atoms with van der Waals surface area (Å²) in [4.78, 5) is 0. The minimum atomic E-state index is 0.531. The van der Waals surface area contributed by atoms with E-state index in [0.29, 0.717) is 27.7 Å². The standard InChI is InChI=1S/C14H14Cl2N4S/c15-11-4-1-9(7-12(11)16)8-20-6-5-13(19-20)18-14(21)17-10-2-3-10/h1,4-7,10H,2-3,8H2,(H2,17,18,19,21). The largest absolute Gasteiger partial charge is 0.360 e. The first-order valence-corrected chi connectivity index (χ1v) is 7.81. The monoisotopic (exact) mass is 340 g/mol. The van der Waals surface area contributed by atoms with Crippen LogP contribution >= 0.6 is 35.4 Å². The van der Waals surface area contributed by atoms with Gasteiger partial charge in [0.05, 0.1) is 16.6 Å². The van der Waals surface area contributed by atoms with Crippen molar-refractivity contribution in [1.29, 1.82) is 0 Å². The minimum absolute atomic E-state index is 0.531. The lowest BCUT2D eigenvalue weighted by Crippen LogP contribution is -2.30. The van der Waals surface area contributed by atoms with E-state index in [4.69, 9.17) is 35.4 Å². The van der Waals surface area contributed by atoms with E-state index in [1.54, 1.807) is 6.07 Å². The zero-order valence-electron chi connectivity index (χ0n) is 11.1. The van der Waals surface area contributed by atoms with Gasteiger partial charge in [0.1, 0.15) is 0 Å². The highest BCUT2D eigenvalue weighted by molar-refractivity contribution is 7.80. The summed E-state index contributed by atoms with van der Waals surface area (Å²) in [6.07, 6.45) is 4.27. The van der Waals surface area contributed by atoms with Crippen LogP contribution in [0.1, 0.15) is 18.4 Å². The lowest BCUT2D eigenvalue weighted by Gasteiger charge is -2.07. The van der Waals surface area contributed by atoms with Crippen molar-refractivity contribution in [2.75, 3.05) is 5.32 Å². The van der Waals surface area contributed by atoms with Crippen molar-refractivity contribution >= 4 is 46.4 Å². The summed E-state index contributed by atoms with van der Waals surface area (Å²) < 4.78 is 1.82. The summed E-state index contributed by atoms with van der Waals surface area (Å²) in [6, 6.07) is 7.98. The lowest BCUT2D eigenvalue weighted by atomic mass is 10.2. The maximum Gasteiger partial charge on any atom is 0.172 e. The van der Waals surface area contributed by atoms with Crippen LogP contribution < -0.4 is 10.6 Å². The highest BCUT2D eigenvalue weighted by atomic mass is 35.5. The minimum Gasteiger partial charge on any atom is -0.360 e. The van der Waals surface area contributed by atoms with Gasteiger partial charge in [-0.2, -0.15) is 5.10 Å². The van der Waals surface area contributed by atoms with Gasteiger partial charge in [0.2, 0.25) is 0 Å². The molecule has 1 heterocycles. The van der Waals surface area contributed by atoms with Crippen molar-refractivity contribution in [2.45, 2.75) is 25.4 Å². The third kappa shape index (κ3) is 4.09. The second-order valence-electron chi connectivity index (χ2n) is 5.02. The van der Waals surface area contributed by atoms with Gasteiger partial charge in [-0.05, 0) is 42.8 Å². The van der Waals surface area contributed by atoms with Gasteiger partial charge >= 0.3 is 0 Å². The van der Waals surface area contributed by atoms with Crippen LogP contribution in [-0.2, 0) is 6.54 Å². The molecule has 3 rings (SSSR count). The van der Waals surface area contributed by atoms with Gasteiger partial charge in [-0.15, -0.1) is 0 Å². The first-order chi connectivity index (χ1) is 10.1. The second kappa shape index (κ2) is 6.22. The second-order valence-corrected chi connectivity index (χ2v) is 6.24. The number of aromatic nitrogens is 2. The molecule has 0 spiro atoms. The molecule has 1 aromatic heterocycles. The van der Waals surface area contributed by atoms with E-state index in [0.717, 1.165) is 11.4 Å². The maximum absolute atomic E-state index is 6.01. The van der Waals surface area contributed by atoms with Crippen molar-refractivity contribution in [3.63, 3.8) is 0 Å². The highest BCUT2D eigenvalue weighted by Gasteiger charge is 2.21. The Bertz CT molecular complexity index is 667. The van der Waals surface area contributed by atoms with Crippen LogP contribution in [0, 0.1) is 0 Å². The number of hydrogen-bond donors (Lipinski definition) is 2. The van der Waals surface area contributed by atoms with Crippen LogP contribution in [0.25, 0.3) is 0 Å². The molecule has 7 heteroatoms. The maximum atomic E-state index is 6.01. The topological polar surface area (TPSA) is 41.9 Å². The Labute approximate surface area is 138 Å². The molecule has 1 aliphatic carbocycles. The molecule has 1 fully saturated rings. The van der Waals surface area contributed by atoms with Crippen molar-refractivity contribution in [2.24, 2.45) is 0 Å². The summed E-state index contributed by atoms with van der Waals surface area (Å²) in [7, 11) is 0. The number of anilines is 1. The number of halogens is 2. The molecule has 0 amide bonds. The molecule has 1 aromatic carbocycles. The smallest absolute Gasteiger partial charge is 0.172 e. The van der Waals surface area contributed by atoms with E-state index in [1.165, 1.54) is 12.8 Å². The first kappa shape index (κ1) is 14.6. The van der Waals surface area contributed by atoms with E-state index < -0.39 is 0 Å². The Morgan fingerprint density at radius 1 is 1.29 bits per heavy atom. The Morgan fingerprint density at radius 3 is 2.81 bits per heavy atom. The van der Waals surface area contributed by atoms with Crippen molar-refractivity contribution in [3.8, 4) is 0 Å². The zero-order valence-corrected chi connectivity index (χ0v) is 13.5. The Morgan fingerprint density at radius 2 is 2.10 bits per heavy atom. The van der Waals surface area contributed by atoms with Gasteiger partial charge in [0.15, 0.2) is 10.9 Å². The van der Waals surface area contributed by atoms with E-state index in [9.17, 15) is 0 Å². The van der Waals surface area contributed by atoms with Crippen LogP contribution in [-0.4, -0.2) is 20.9 Å². The van der Waals surface area contributed by atoms with Gasteiger partial charge < -0.3 is 10.6 Å². The molecule has 2 aromatic rings. The normalized spacial score (nSPS) is 14.0. The Hall–Kier alpha value is -1.30. The third-order valence-corrected chi connectivity index (χ3v) is 4.08. The molecule has 0 unspecified atom stereocenters. The summed E-state index contributed by atoms with van der Waals surface area (Å²) >= 11 is 17.1. The zero-order chi connectivity index (χ0) is 14.8. The van der Waals surface area contributed by atoms with Gasteiger partial charge in [-0.3, -0.25) is 4.68 Å². The Kier molecular flexibility index (Phi) is 4.33. The molecular formula is C14H14Cl2N4S. The average molecular weight is 341 g/mol. The summed E-state index contributed by atoms with van der Waals surface area (Å²) in [5, 5.41) is 12.5. The molecular weight excluding hydrogens is 327 g/mol. The van der Waals surface area contributed by atoms with Gasteiger partial charge in [0.25, 0.3) is 0 Å². The van der Waals surface area contributed by atoms with Gasteiger partial charge in [0, 0.05) is 18.3 Å². The third-order valence-electron chi connectivity index (χ3n) is 3.12. The predicted octanol–water partition coefficient (Wildman–Crippen LogP) is 3.69. The molecule has 0 radical (unpaired) electrons. The molecule has 0 atom stereocenters. The van der Waals surface area contributed by atoms with Crippen molar-refractivity contribution < 1.29 is 0 Å². The number of nitrogens with one attached hydrogen (secondary N) is 2. The van der Waals surface area contributed by atoms with Crippen molar-refractivity contribution in [1.82, 2.24) is 15.1 Å². The molecule has 1 saturated carbocycles. The fourth-order valence-electron chi connectivity index (χ4n) is 1.91. The van der Waals surface area contributed by atoms with Crippen molar-refractivity contribution in [3.05, 3.63) is 46.1 Å². The molecule has 0 aliphatic heterocycles. The first-order valence-electron chi connectivity index (χ1n) is 6.65. The van der Waals surface area contributed by atoms with Crippen LogP contribution in [0.5, 0.6) is 0 Å². The molecule has 1 aliphatic rings. The van der Waals surface area contributed by atoms with E-state index >= 15 is 0 Å². The number of hydrogen-bond acceptors (Lipinski definition) is 2. The SMILES string of the molecule is S=C(Nc1ccn(Cc2ccc(Cl)c(Cl)c2)n1)NC1CC1. The van der Waals surface area contributed by atoms with Gasteiger partial charge in [-0.25, -0.2) is 0 Å². The molecule has 4 nitrogen and oxygen atoms in total. The highest BCUT2D eigenvalue weighted by Crippen LogP contribution is 2.23. The summed E-state index contributed by atoms with van der Waals surface area (Å²) in [5.74, 6) is 0.730. The summed E-state index contributed by atoms with van der Waals surface area (Å²) in [6.45, 7) is 0.626. The lowest BCUT2D eigenvalue weighted by molar-refractivity contribution is 0.690. The number of rotatable bonds is 4. The predicted molar refractivity (Wildman–Crippen MR) is 90.2 cm³/mol. The van der Waals surface area contributed by atoms with Gasteiger partial charge in [-0.1, -0.05) is 29.3 Å². The molecule has 2 N–H and O–H groups in total. The van der Waals surface area contributed by atoms with E-state index in [2.05, 4.69) is 15.7 Å². The molecule has 0 saturated heterocycles. The fourth-order valence-corrected chi connectivity index (χ4v) is 2.50. The fraction of sp³-hybridized carbons (Fsp3) is 0.286. The number of thiocarbonyl (C=S) groups is 1. The summed E-state index contributed by atoms with van der Waals surface area (Å²) in [5.41, 5.74) is 1.04. The molecule has 0 bridgehead atoms.